The van der Waals surface area contributed by atoms with Crippen LogP contribution >= 0.6 is 23.4 Å². The van der Waals surface area contributed by atoms with Crippen molar-refractivity contribution >= 4 is 29.3 Å². The molecule has 2 heterocycles. The number of azide groups is 1. The monoisotopic (exact) mass is 399 g/mol. The number of halogens is 1. The third-order valence-corrected chi connectivity index (χ3v) is 5.25. The summed E-state index contributed by atoms with van der Waals surface area (Å²) >= 11 is 6.95. The summed E-state index contributed by atoms with van der Waals surface area (Å²) in [5.41, 5.74) is 9.28. The number of thioether (sulfide) groups is 1. The van der Waals surface area contributed by atoms with Gasteiger partial charge in [-0.1, -0.05) is 35.4 Å². The average Bonchev–Trinajstić information content (AvgIpc) is 2.69. The van der Waals surface area contributed by atoms with E-state index < -0.39 is 42.0 Å². The number of hydrogen-bond donors (Lipinski definition) is 0. The molecule has 0 aliphatic carbocycles. The second-order valence-corrected chi connectivity index (χ2v) is 6.94. The highest BCUT2D eigenvalue weighted by Gasteiger charge is 2.51. The minimum atomic E-state index is -0.816. The molecule has 0 saturated carbocycles. The highest BCUT2D eigenvalue weighted by molar-refractivity contribution is 7.99. The van der Waals surface area contributed by atoms with Gasteiger partial charge in [-0.2, -0.15) is 0 Å². The normalized spacial score (nSPS) is 33.6. The number of benzene rings is 1. The van der Waals surface area contributed by atoms with Crippen molar-refractivity contribution in [3.63, 3.8) is 0 Å². The maximum absolute atomic E-state index is 11.8. The van der Waals surface area contributed by atoms with Gasteiger partial charge in [0.05, 0.1) is 6.61 Å². The highest BCUT2D eigenvalue weighted by atomic mass is 35.5. The number of fused-ring (bicyclic) bond motifs is 1. The van der Waals surface area contributed by atoms with Crippen LogP contribution in [0.2, 0.25) is 0 Å². The Balaban J connectivity index is 1.87. The molecule has 3 rings (SSSR count). The van der Waals surface area contributed by atoms with Crippen LogP contribution < -0.4 is 0 Å². The number of carbonyl (C=O) groups is 1. The standard InChI is InChI=1S/C16H18ClN3O5S/c1-26-16-12(19-20-18)14(24-11(21)7-17)13-10(23-16)8-22-15(25-13)9-5-3-2-4-6-9/h2-6,10,12-16H,7-8H2,1H3. The van der Waals surface area contributed by atoms with Gasteiger partial charge >= 0.3 is 5.97 Å². The van der Waals surface area contributed by atoms with E-state index in [0.717, 1.165) is 5.56 Å². The van der Waals surface area contributed by atoms with Crippen molar-refractivity contribution in [3.05, 3.63) is 46.3 Å². The van der Waals surface area contributed by atoms with Crippen LogP contribution in [0.1, 0.15) is 11.9 Å². The van der Waals surface area contributed by atoms with Crippen molar-refractivity contribution in [2.45, 2.75) is 36.1 Å². The maximum atomic E-state index is 11.8. The van der Waals surface area contributed by atoms with Gasteiger partial charge in [0, 0.05) is 10.5 Å². The van der Waals surface area contributed by atoms with Crippen LogP contribution in [0.5, 0.6) is 0 Å². The Hall–Kier alpha value is -1.48. The summed E-state index contributed by atoms with van der Waals surface area (Å²) in [7, 11) is 0. The number of carbonyl (C=O) groups excluding carboxylic acids is 1. The topological polar surface area (TPSA) is 103 Å². The van der Waals surface area contributed by atoms with E-state index in [1.807, 2.05) is 36.6 Å². The van der Waals surface area contributed by atoms with Crippen LogP contribution in [0.25, 0.3) is 10.4 Å². The van der Waals surface area contributed by atoms with Crippen molar-refractivity contribution in [3.8, 4) is 0 Å². The molecule has 2 aliphatic rings. The Kier molecular flexibility index (Phi) is 6.63. The molecule has 0 aromatic heterocycles. The minimum Gasteiger partial charge on any atom is -0.458 e. The van der Waals surface area contributed by atoms with E-state index in [2.05, 4.69) is 10.0 Å². The summed E-state index contributed by atoms with van der Waals surface area (Å²) in [6.45, 7) is 0.263. The zero-order valence-corrected chi connectivity index (χ0v) is 15.5. The lowest BCUT2D eigenvalue weighted by molar-refractivity contribution is -0.306. The van der Waals surface area contributed by atoms with Gasteiger partial charge in [-0.05, 0) is 11.8 Å². The minimum absolute atomic E-state index is 0.263. The number of ether oxygens (including phenoxy) is 4. The summed E-state index contributed by atoms with van der Waals surface area (Å²) in [6.07, 6.45) is -0.715. The predicted octanol–water partition coefficient (Wildman–Crippen LogP) is 3.02. The largest absolute Gasteiger partial charge is 0.458 e. The molecule has 1 aromatic rings. The fraction of sp³-hybridized carbons (Fsp3) is 0.562. The zero-order chi connectivity index (χ0) is 18.5. The van der Waals surface area contributed by atoms with E-state index in [9.17, 15) is 4.79 Å². The fourth-order valence-electron chi connectivity index (χ4n) is 3.03. The van der Waals surface area contributed by atoms with Gasteiger partial charge < -0.3 is 18.9 Å². The highest BCUT2D eigenvalue weighted by Crippen LogP contribution is 2.38. The van der Waals surface area contributed by atoms with Crippen LogP contribution in [0.3, 0.4) is 0 Å². The average molecular weight is 400 g/mol. The van der Waals surface area contributed by atoms with Crippen molar-refractivity contribution < 1.29 is 23.7 Å². The van der Waals surface area contributed by atoms with Gasteiger partial charge in [-0.25, -0.2) is 0 Å². The molecule has 8 nitrogen and oxygen atoms in total. The number of rotatable bonds is 5. The molecule has 2 saturated heterocycles. The SMILES string of the molecule is CSC1OC2COC(c3ccccc3)OC2C(OC(=O)CCl)C1N=[N+]=[N-]. The van der Waals surface area contributed by atoms with Gasteiger partial charge in [-0.15, -0.1) is 23.4 Å². The third kappa shape index (κ3) is 4.09. The number of alkyl halides is 1. The van der Waals surface area contributed by atoms with Crippen LogP contribution in [-0.2, 0) is 23.7 Å². The molecule has 10 heteroatoms. The maximum Gasteiger partial charge on any atom is 0.321 e. The summed E-state index contributed by atoms with van der Waals surface area (Å²) < 4.78 is 23.3. The zero-order valence-electron chi connectivity index (χ0n) is 13.9. The second-order valence-electron chi connectivity index (χ2n) is 5.74. The Morgan fingerprint density at radius 2 is 2.19 bits per heavy atom. The lowest BCUT2D eigenvalue weighted by Gasteiger charge is -2.47. The van der Waals surface area contributed by atoms with Crippen molar-refractivity contribution in [2.75, 3.05) is 18.7 Å². The van der Waals surface area contributed by atoms with Gasteiger partial charge in [0.1, 0.15) is 35.7 Å². The molecule has 6 atom stereocenters. The first-order valence-corrected chi connectivity index (χ1v) is 9.80. The smallest absolute Gasteiger partial charge is 0.321 e. The molecule has 1 aromatic carbocycles. The summed E-state index contributed by atoms with van der Waals surface area (Å²) in [6, 6.07) is 8.67. The van der Waals surface area contributed by atoms with Gasteiger partial charge in [0.2, 0.25) is 0 Å². The Bertz CT molecular complexity index is 675. The van der Waals surface area contributed by atoms with E-state index in [0.29, 0.717) is 0 Å². The van der Waals surface area contributed by atoms with E-state index >= 15 is 0 Å². The fourth-order valence-corrected chi connectivity index (χ4v) is 3.84. The molecule has 26 heavy (non-hydrogen) atoms. The predicted molar refractivity (Wildman–Crippen MR) is 95.7 cm³/mol. The molecule has 0 spiro atoms. The van der Waals surface area contributed by atoms with Crippen LogP contribution in [-0.4, -0.2) is 54.5 Å². The summed E-state index contributed by atoms with van der Waals surface area (Å²) in [5, 5.41) is 3.79. The van der Waals surface area contributed by atoms with Crippen LogP contribution in [0, 0.1) is 0 Å². The van der Waals surface area contributed by atoms with E-state index in [1.54, 1.807) is 0 Å². The van der Waals surface area contributed by atoms with Crippen molar-refractivity contribution in [2.24, 2.45) is 5.11 Å². The first-order valence-electron chi connectivity index (χ1n) is 7.98. The molecule has 0 bridgehead atoms. The van der Waals surface area contributed by atoms with Gasteiger partial charge in [-0.3, -0.25) is 4.79 Å². The molecular formula is C16H18ClN3O5S. The molecular weight excluding hydrogens is 382 g/mol. The Labute approximate surface area is 159 Å². The third-order valence-electron chi connectivity index (χ3n) is 4.17. The molecule has 0 N–H and O–H groups in total. The van der Waals surface area contributed by atoms with E-state index in [4.69, 9.17) is 36.1 Å². The first kappa shape index (κ1) is 19.3. The Morgan fingerprint density at radius 3 is 2.85 bits per heavy atom. The number of nitrogens with zero attached hydrogens (tertiary/aromatic N) is 3. The summed E-state index contributed by atoms with van der Waals surface area (Å²) in [4.78, 5) is 14.7. The first-order chi connectivity index (χ1) is 12.7. The number of hydrogen-bond acceptors (Lipinski definition) is 7. The quantitative estimate of drug-likeness (QED) is 0.248. The molecule has 2 aliphatic heterocycles. The Morgan fingerprint density at radius 1 is 1.42 bits per heavy atom. The lowest BCUT2D eigenvalue weighted by Crippen LogP contribution is -2.61. The molecule has 6 unspecified atom stereocenters. The van der Waals surface area contributed by atoms with Crippen LogP contribution in [0.15, 0.2) is 35.4 Å². The molecule has 0 amide bonds. The lowest BCUT2D eigenvalue weighted by atomic mass is 9.97. The van der Waals surface area contributed by atoms with E-state index in [1.165, 1.54) is 11.8 Å². The van der Waals surface area contributed by atoms with E-state index in [-0.39, 0.29) is 12.5 Å². The van der Waals surface area contributed by atoms with Gasteiger partial charge in [0.15, 0.2) is 6.29 Å². The molecule has 2 fully saturated rings. The van der Waals surface area contributed by atoms with Crippen molar-refractivity contribution in [1.82, 2.24) is 0 Å². The molecule has 0 radical (unpaired) electrons. The summed E-state index contributed by atoms with van der Waals surface area (Å²) in [5.74, 6) is -0.915. The van der Waals surface area contributed by atoms with Crippen LogP contribution in [0.4, 0.5) is 0 Å². The number of esters is 1. The second kappa shape index (κ2) is 8.94. The molecule has 140 valence electrons. The van der Waals surface area contributed by atoms with Gasteiger partial charge in [0.25, 0.3) is 0 Å². The van der Waals surface area contributed by atoms with Crippen molar-refractivity contribution in [1.29, 1.82) is 0 Å².